The van der Waals surface area contributed by atoms with E-state index in [1.54, 1.807) is 31.2 Å². The Morgan fingerprint density at radius 3 is 2.50 bits per heavy atom. The molecule has 3 aromatic rings. The largest absolute Gasteiger partial charge is 0.490 e. The van der Waals surface area contributed by atoms with E-state index in [4.69, 9.17) is 32.7 Å². The molecule has 1 heterocycles. The number of thioether (sulfide) groups is 1. The van der Waals surface area contributed by atoms with Crippen LogP contribution in [0, 0.1) is 10.1 Å². The monoisotopic (exact) mass is 572 g/mol. The highest BCUT2D eigenvalue weighted by molar-refractivity contribution is 8.18. The fraction of sp³-hybridized carbons (Fsp3) is 0.115. The highest BCUT2D eigenvalue weighted by Crippen LogP contribution is 2.40. The SMILES string of the molecule is CCOc1cc(/C=C2\SC(=O)N(Cc3ccccc3[N+](=O)[O-])C2=O)cc(Cl)c1OC(=O)c1ccccc1Cl. The number of nitro groups is 1. The lowest BCUT2D eigenvalue weighted by molar-refractivity contribution is -0.385. The number of halogens is 2. The quantitative estimate of drug-likeness (QED) is 0.0955. The van der Waals surface area contributed by atoms with Crippen molar-refractivity contribution in [1.29, 1.82) is 0 Å². The molecular formula is C26H18Cl2N2O7S. The van der Waals surface area contributed by atoms with Gasteiger partial charge in [0.2, 0.25) is 0 Å². The second-order valence-electron chi connectivity index (χ2n) is 7.79. The molecule has 9 nitrogen and oxygen atoms in total. The maximum Gasteiger partial charge on any atom is 0.345 e. The van der Waals surface area contributed by atoms with Crippen LogP contribution in [0.15, 0.2) is 65.6 Å². The van der Waals surface area contributed by atoms with Crippen LogP contribution in [0.25, 0.3) is 6.08 Å². The number of rotatable bonds is 8. The first-order chi connectivity index (χ1) is 18.2. The molecule has 0 atom stereocenters. The summed E-state index contributed by atoms with van der Waals surface area (Å²) >= 11 is 13.2. The molecule has 1 aliphatic heterocycles. The normalized spacial score (nSPS) is 14.2. The number of carbonyl (C=O) groups is 3. The number of hydrogen-bond donors (Lipinski definition) is 0. The first kappa shape index (κ1) is 27.2. The molecule has 0 N–H and O–H groups in total. The van der Waals surface area contributed by atoms with Crippen LogP contribution >= 0.6 is 35.0 Å². The molecule has 0 aliphatic carbocycles. The van der Waals surface area contributed by atoms with Gasteiger partial charge in [0, 0.05) is 11.6 Å². The molecular weight excluding hydrogens is 555 g/mol. The van der Waals surface area contributed by atoms with E-state index in [-0.39, 0.29) is 56.4 Å². The van der Waals surface area contributed by atoms with Crippen LogP contribution < -0.4 is 9.47 Å². The highest BCUT2D eigenvalue weighted by Gasteiger charge is 2.36. The van der Waals surface area contributed by atoms with Gasteiger partial charge in [0.1, 0.15) is 0 Å². The number of nitro benzene ring substituents is 1. The zero-order valence-electron chi connectivity index (χ0n) is 19.7. The third kappa shape index (κ3) is 5.83. The first-order valence-electron chi connectivity index (χ1n) is 11.1. The lowest BCUT2D eigenvalue weighted by Crippen LogP contribution is -2.27. The van der Waals surface area contributed by atoms with Crippen LogP contribution in [0.2, 0.25) is 10.0 Å². The van der Waals surface area contributed by atoms with Crippen molar-refractivity contribution in [3.05, 3.63) is 102 Å². The first-order valence-corrected chi connectivity index (χ1v) is 12.7. The summed E-state index contributed by atoms with van der Waals surface area (Å²) in [7, 11) is 0. The van der Waals surface area contributed by atoms with Gasteiger partial charge in [-0.25, -0.2) is 4.79 Å². The summed E-state index contributed by atoms with van der Waals surface area (Å²) in [4.78, 5) is 50.0. The van der Waals surface area contributed by atoms with Crippen LogP contribution in [0.3, 0.4) is 0 Å². The Labute approximate surface area is 231 Å². The fourth-order valence-corrected chi connectivity index (χ4v) is 4.90. The standard InChI is InChI=1S/C26H18Cl2N2O7S/c1-2-36-21-12-15(11-19(28)23(21)37-25(32)17-8-4-5-9-18(17)27)13-22-24(31)29(26(33)38-22)14-16-7-3-6-10-20(16)30(34)35/h3-13H,2,14H2,1H3/b22-13-. The molecule has 0 spiro atoms. The maximum absolute atomic E-state index is 13.0. The topological polar surface area (TPSA) is 116 Å². The van der Waals surface area contributed by atoms with Gasteiger partial charge >= 0.3 is 5.97 Å². The number of ether oxygens (including phenoxy) is 2. The summed E-state index contributed by atoms with van der Waals surface area (Å²) in [5.41, 5.74) is 0.592. The minimum atomic E-state index is -0.734. The van der Waals surface area contributed by atoms with E-state index in [0.717, 1.165) is 4.90 Å². The van der Waals surface area contributed by atoms with Gasteiger partial charge in [0.15, 0.2) is 11.5 Å². The number of amides is 2. The van der Waals surface area contributed by atoms with Gasteiger partial charge in [-0.2, -0.15) is 0 Å². The summed E-state index contributed by atoms with van der Waals surface area (Å²) in [5, 5.41) is 11.0. The summed E-state index contributed by atoms with van der Waals surface area (Å²) in [6, 6.07) is 15.2. The van der Waals surface area contributed by atoms with E-state index < -0.39 is 22.0 Å². The molecule has 0 bridgehead atoms. The van der Waals surface area contributed by atoms with E-state index in [2.05, 4.69) is 0 Å². The van der Waals surface area contributed by atoms with Crippen molar-refractivity contribution in [2.75, 3.05) is 6.61 Å². The molecule has 0 aromatic heterocycles. The Balaban J connectivity index is 1.61. The number of benzene rings is 3. The molecule has 3 aromatic carbocycles. The lowest BCUT2D eigenvalue weighted by atomic mass is 10.1. The van der Waals surface area contributed by atoms with E-state index in [1.807, 2.05) is 0 Å². The van der Waals surface area contributed by atoms with Gasteiger partial charge in [-0.1, -0.05) is 53.5 Å². The van der Waals surface area contributed by atoms with Gasteiger partial charge in [-0.3, -0.25) is 24.6 Å². The van der Waals surface area contributed by atoms with Crippen molar-refractivity contribution < 1.29 is 28.8 Å². The van der Waals surface area contributed by atoms with Gasteiger partial charge in [-0.15, -0.1) is 0 Å². The predicted octanol–water partition coefficient (Wildman–Crippen LogP) is 6.76. The molecule has 4 rings (SSSR count). The number of hydrogen-bond acceptors (Lipinski definition) is 8. The van der Waals surface area contributed by atoms with Crippen molar-refractivity contribution in [2.45, 2.75) is 13.5 Å². The van der Waals surface area contributed by atoms with Crippen molar-refractivity contribution in [3.63, 3.8) is 0 Å². The van der Waals surface area contributed by atoms with Gasteiger partial charge in [-0.05, 0) is 54.6 Å². The third-order valence-corrected chi connectivity index (χ3v) is 6.83. The average Bonchev–Trinajstić information content (AvgIpc) is 3.14. The summed E-state index contributed by atoms with van der Waals surface area (Å²) in [5.74, 6) is -1.23. The minimum absolute atomic E-state index is 0.0277. The summed E-state index contributed by atoms with van der Waals surface area (Å²) in [6.07, 6.45) is 1.44. The smallest absolute Gasteiger partial charge is 0.345 e. The van der Waals surface area contributed by atoms with Crippen LogP contribution in [0.5, 0.6) is 11.5 Å². The highest BCUT2D eigenvalue weighted by atomic mass is 35.5. The van der Waals surface area contributed by atoms with Crippen LogP contribution in [0.1, 0.15) is 28.4 Å². The van der Waals surface area contributed by atoms with E-state index in [1.165, 1.54) is 42.5 Å². The maximum atomic E-state index is 13.0. The molecule has 1 aliphatic rings. The van der Waals surface area contributed by atoms with Gasteiger partial charge in [0.05, 0.1) is 38.6 Å². The Hall–Kier alpha value is -3.86. The number of nitrogens with zero attached hydrogens (tertiary/aromatic N) is 2. The minimum Gasteiger partial charge on any atom is -0.490 e. The molecule has 12 heteroatoms. The molecule has 0 radical (unpaired) electrons. The average molecular weight is 573 g/mol. The number of carbonyl (C=O) groups excluding carboxylic acids is 3. The Kier molecular flexibility index (Phi) is 8.35. The predicted molar refractivity (Wildman–Crippen MR) is 144 cm³/mol. The molecule has 194 valence electrons. The third-order valence-electron chi connectivity index (χ3n) is 5.31. The van der Waals surface area contributed by atoms with Crippen LogP contribution in [-0.4, -0.2) is 33.5 Å². The van der Waals surface area contributed by atoms with Gasteiger partial charge < -0.3 is 9.47 Å². The van der Waals surface area contributed by atoms with E-state index in [9.17, 15) is 24.5 Å². The van der Waals surface area contributed by atoms with Gasteiger partial charge in [0.25, 0.3) is 16.8 Å². The van der Waals surface area contributed by atoms with E-state index in [0.29, 0.717) is 17.3 Å². The van der Waals surface area contributed by atoms with Crippen molar-refractivity contribution in [3.8, 4) is 11.5 Å². The van der Waals surface area contributed by atoms with Crippen molar-refractivity contribution in [2.24, 2.45) is 0 Å². The Morgan fingerprint density at radius 1 is 1.08 bits per heavy atom. The lowest BCUT2D eigenvalue weighted by Gasteiger charge is -2.14. The van der Waals surface area contributed by atoms with E-state index >= 15 is 0 Å². The second kappa shape index (κ2) is 11.7. The molecule has 1 fully saturated rings. The Bertz CT molecular complexity index is 1490. The zero-order chi connectivity index (χ0) is 27.4. The molecule has 0 saturated carbocycles. The number of imide groups is 1. The number of para-hydroxylation sites is 1. The zero-order valence-corrected chi connectivity index (χ0v) is 22.0. The Morgan fingerprint density at radius 2 is 1.79 bits per heavy atom. The van der Waals surface area contributed by atoms with Crippen LogP contribution in [0.4, 0.5) is 10.5 Å². The fourth-order valence-electron chi connectivity index (χ4n) is 3.59. The van der Waals surface area contributed by atoms with Crippen LogP contribution in [-0.2, 0) is 11.3 Å². The molecule has 1 saturated heterocycles. The summed E-state index contributed by atoms with van der Waals surface area (Å²) in [6.45, 7) is 1.71. The number of esters is 1. The molecule has 38 heavy (non-hydrogen) atoms. The molecule has 2 amide bonds. The molecule has 0 unspecified atom stereocenters. The van der Waals surface area contributed by atoms with Crippen molar-refractivity contribution in [1.82, 2.24) is 4.90 Å². The second-order valence-corrected chi connectivity index (χ2v) is 9.59. The summed E-state index contributed by atoms with van der Waals surface area (Å²) < 4.78 is 11.1. The van der Waals surface area contributed by atoms with Crippen molar-refractivity contribution >= 4 is 63.8 Å².